The van der Waals surface area contributed by atoms with Crippen molar-refractivity contribution in [2.24, 2.45) is 5.92 Å². The Labute approximate surface area is 129 Å². The number of benzene rings is 1. The van der Waals surface area contributed by atoms with Gasteiger partial charge in [0.05, 0.1) is 19.3 Å². The second-order valence-corrected chi connectivity index (χ2v) is 4.59. The lowest BCUT2D eigenvalue weighted by Crippen LogP contribution is -2.41. The third-order valence-electron chi connectivity index (χ3n) is 3.02. The van der Waals surface area contributed by atoms with Crippen LogP contribution in [0.15, 0.2) is 30.3 Å². The summed E-state index contributed by atoms with van der Waals surface area (Å²) in [6.07, 6.45) is -0.688. The number of hydrogen-bond acceptors (Lipinski definition) is 5. The maximum absolute atomic E-state index is 12.1. The van der Waals surface area contributed by atoms with Gasteiger partial charge in [0.1, 0.15) is 11.7 Å². The summed E-state index contributed by atoms with van der Waals surface area (Å²) in [5.41, 5.74) is 0.629. The van der Waals surface area contributed by atoms with Crippen molar-refractivity contribution in [3.8, 4) is 0 Å². The van der Waals surface area contributed by atoms with Crippen LogP contribution in [0.3, 0.4) is 0 Å². The second kappa shape index (κ2) is 8.81. The molecule has 1 aromatic carbocycles. The average molecular weight is 307 g/mol. The predicted octanol–water partition coefficient (Wildman–Crippen LogP) is 2.24. The van der Waals surface area contributed by atoms with E-state index in [0.717, 1.165) is 0 Å². The van der Waals surface area contributed by atoms with Crippen molar-refractivity contribution in [3.63, 3.8) is 0 Å². The Kier molecular flexibility index (Phi) is 7.08. The first-order valence-corrected chi connectivity index (χ1v) is 7.16. The van der Waals surface area contributed by atoms with Crippen LogP contribution in [-0.4, -0.2) is 31.1 Å². The van der Waals surface area contributed by atoms with Crippen molar-refractivity contribution in [1.29, 1.82) is 0 Å². The first-order chi connectivity index (χ1) is 10.5. The highest BCUT2D eigenvalue weighted by atomic mass is 16.5. The number of hydrogen-bond donors (Lipinski definition) is 1. The van der Waals surface area contributed by atoms with Gasteiger partial charge in [-0.05, 0) is 26.3 Å². The average Bonchev–Trinajstić information content (AvgIpc) is 2.47. The van der Waals surface area contributed by atoms with Crippen LogP contribution in [0.4, 0.5) is 4.79 Å². The minimum atomic E-state index is -1.12. The van der Waals surface area contributed by atoms with E-state index in [1.54, 1.807) is 44.2 Å². The zero-order valence-electron chi connectivity index (χ0n) is 13.0. The third-order valence-corrected chi connectivity index (χ3v) is 3.02. The number of carbonyl (C=O) groups is 3. The SMILES string of the molecule is CCOC(=O)NC(c1ccccc1)C(C(C)=O)C(=O)OCC. The Morgan fingerprint density at radius 3 is 2.14 bits per heavy atom. The predicted molar refractivity (Wildman–Crippen MR) is 80.1 cm³/mol. The van der Waals surface area contributed by atoms with Gasteiger partial charge in [-0.3, -0.25) is 9.59 Å². The first kappa shape index (κ1) is 17.7. The monoisotopic (exact) mass is 307 g/mol. The van der Waals surface area contributed by atoms with Crippen molar-refractivity contribution >= 4 is 17.8 Å². The van der Waals surface area contributed by atoms with Crippen LogP contribution in [0.5, 0.6) is 0 Å². The van der Waals surface area contributed by atoms with Crippen molar-refractivity contribution in [2.75, 3.05) is 13.2 Å². The summed E-state index contributed by atoms with van der Waals surface area (Å²) in [6, 6.07) is 7.95. The molecule has 120 valence electrons. The quantitative estimate of drug-likeness (QED) is 0.617. The Morgan fingerprint density at radius 1 is 1.05 bits per heavy atom. The molecule has 1 rings (SSSR count). The molecule has 1 aromatic rings. The number of amides is 1. The molecule has 22 heavy (non-hydrogen) atoms. The van der Waals surface area contributed by atoms with Gasteiger partial charge in [0.15, 0.2) is 0 Å². The highest BCUT2D eigenvalue weighted by Gasteiger charge is 2.36. The Hall–Kier alpha value is -2.37. The van der Waals surface area contributed by atoms with Crippen LogP contribution >= 0.6 is 0 Å². The van der Waals surface area contributed by atoms with Crippen molar-refractivity contribution in [3.05, 3.63) is 35.9 Å². The number of carbonyl (C=O) groups excluding carboxylic acids is 3. The Morgan fingerprint density at radius 2 is 1.64 bits per heavy atom. The van der Waals surface area contributed by atoms with E-state index in [-0.39, 0.29) is 19.0 Å². The van der Waals surface area contributed by atoms with E-state index >= 15 is 0 Å². The maximum Gasteiger partial charge on any atom is 0.407 e. The summed E-state index contributed by atoms with van der Waals surface area (Å²) < 4.78 is 9.81. The number of alkyl carbamates (subject to hydrolysis) is 1. The van der Waals surface area contributed by atoms with Crippen molar-refractivity contribution in [2.45, 2.75) is 26.8 Å². The number of esters is 1. The molecule has 2 unspecified atom stereocenters. The maximum atomic E-state index is 12.1. The van der Waals surface area contributed by atoms with Gasteiger partial charge in [-0.25, -0.2) is 4.79 Å². The lowest BCUT2D eigenvalue weighted by Gasteiger charge is -2.25. The zero-order valence-corrected chi connectivity index (χ0v) is 13.0. The van der Waals surface area contributed by atoms with Crippen molar-refractivity contribution in [1.82, 2.24) is 5.32 Å². The van der Waals surface area contributed by atoms with E-state index in [1.807, 2.05) is 0 Å². The van der Waals surface area contributed by atoms with Crippen LogP contribution in [0, 0.1) is 5.92 Å². The summed E-state index contributed by atoms with van der Waals surface area (Å²) >= 11 is 0. The zero-order chi connectivity index (χ0) is 16.5. The number of Topliss-reactive ketones (excluding diaryl/α,β-unsaturated/α-hetero) is 1. The first-order valence-electron chi connectivity index (χ1n) is 7.16. The summed E-state index contributed by atoms with van der Waals surface area (Å²) in [5.74, 6) is -2.17. The molecule has 0 saturated carbocycles. The fraction of sp³-hybridized carbons (Fsp3) is 0.438. The lowest BCUT2D eigenvalue weighted by molar-refractivity contribution is -0.152. The molecule has 6 heteroatoms. The summed E-state index contributed by atoms with van der Waals surface area (Å²) in [7, 11) is 0. The molecule has 0 fully saturated rings. The smallest absolute Gasteiger partial charge is 0.407 e. The molecule has 0 saturated heterocycles. The molecule has 0 bridgehead atoms. The van der Waals surface area contributed by atoms with Crippen LogP contribution in [0.2, 0.25) is 0 Å². The molecular weight excluding hydrogens is 286 g/mol. The molecule has 0 aliphatic rings. The number of ketones is 1. The molecular formula is C16H21NO5. The van der Waals surface area contributed by atoms with E-state index in [0.29, 0.717) is 5.56 Å². The fourth-order valence-corrected chi connectivity index (χ4v) is 2.09. The molecule has 0 aromatic heterocycles. The molecule has 0 radical (unpaired) electrons. The van der Waals surface area contributed by atoms with E-state index in [1.165, 1.54) is 6.92 Å². The number of nitrogens with one attached hydrogen (secondary N) is 1. The number of ether oxygens (including phenoxy) is 2. The van der Waals surface area contributed by atoms with Crippen LogP contribution in [0.1, 0.15) is 32.4 Å². The second-order valence-electron chi connectivity index (χ2n) is 4.59. The van der Waals surface area contributed by atoms with E-state index < -0.39 is 24.0 Å². The van der Waals surface area contributed by atoms with E-state index in [2.05, 4.69) is 5.32 Å². The molecule has 1 amide bonds. The summed E-state index contributed by atoms with van der Waals surface area (Å²) in [4.78, 5) is 35.8. The van der Waals surface area contributed by atoms with Gasteiger partial charge in [-0.15, -0.1) is 0 Å². The van der Waals surface area contributed by atoms with Gasteiger partial charge >= 0.3 is 12.1 Å². The minimum absolute atomic E-state index is 0.156. The van der Waals surface area contributed by atoms with Crippen molar-refractivity contribution < 1.29 is 23.9 Å². The lowest BCUT2D eigenvalue weighted by atomic mass is 9.90. The van der Waals surface area contributed by atoms with Gasteiger partial charge in [-0.2, -0.15) is 0 Å². The molecule has 1 N–H and O–H groups in total. The molecule has 0 spiro atoms. The largest absolute Gasteiger partial charge is 0.465 e. The highest BCUT2D eigenvalue weighted by molar-refractivity contribution is 5.99. The van der Waals surface area contributed by atoms with Crippen LogP contribution in [-0.2, 0) is 19.1 Å². The standard InChI is InChI=1S/C16H21NO5/c1-4-21-15(19)13(11(3)18)14(17-16(20)22-5-2)12-9-7-6-8-10-12/h6-10,13-14H,4-5H2,1-3H3,(H,17,20). The van der Waals surface area contributed by atoms with Gasteiger partial charge in [0.2, 0.25) is 0 Å². The topological polar surface area (TPSA) is 81.7 Å². The highest BCUT2D eigenvalue weighted by Crippen LogP contribution is 2.24. The molecule has 0 heterocycles. The van der Waals surface area contributed by atoms with E-state index in [4.69, 9.17) is 9.47 Å². The number of rotatable bonds is 7. The summed E-state index contributed by atoms with van der Waals surface area (Å²) in [5, 5.41) is 2.57. The van der Waals surface area contributed by atoms with Crippen LogP contribution in [0.25, 0.3) is 0 Å². The molecule has 2 atom stereocenters. The van der Waals surface area contributed by atoms with Crippen LogP contribution < -0.4 is 5.32 Å². The molecule has 0 aliphatic carbocycles. The third kappa shape index (κ3) is 4.87. The van der Waals surface area contributed by atoms with Gasteiger partial charge < -0.3 is 14.8 Å². The molecule has 6 nitrogen and oxygen atoms in total. The Balaban J connectivity index is 3.13. The fourth-order valence-electron chi connectivity index (χ4n) is 2.09. The Bertz CT molecular complexity index is 515. The summed E-state index contributed by atoms with van der Waals surface area (Å²) in [6.45, 7) is 4.97. The normalized spacial score (nSPS) is 12.9. The molecule has 0 aliphatic heterocycles. The van der Waals surface area contributed by atoms with Gasteiger partial charge in [0.25, 0.3) is 0 Å². The minimum Gasteiger partial charge on any atom is -0.465 e. The van der Waals surface area contributed by atoms with Gasteiger partial charge in [0, 0.05) is 0 Å². The van der Waals surface area contributed by atoms with Gasteiger partial charge in [-0.1, -0.05) is 30.3 Å². The van der Waals surface area contributed by atoms with E-state index in [9.17, 15) is 14.4 Å².